The van der Waals surface area contributed by atoms with E-state index in [1.807, 2.05) is 18.7 Å². The number of aromatic amines is 1. The minimum Gasteiger partial charge on any atom is -0.342 e. The van der Waals surface area contributed by atoms with Gasteiger partial charge in [-0.2, -0.15) is 0 Å². The number of nitrogens with one attached hydrogen (secondary N) is 1. The van der Waals surface area contributed by atoms with Gasteiger partial charge in [0, 0.05) is 41.0 Å². The number of benzene rings is 1. The Balaban J connectivity index is 1.65. The Morgan fingerprint density at radius 3 is 2.74 bits per heavy atom. The van der Waals surface area contributed by atoms with Gasteiger partial charge in [0.05, 0.1) is 6.54 Å². The molecule has 0 saturated carbocycles. The molecule has 8 nitrogen and oxygen atoms in total. The average Bonchev–Trinajstić information content (AvgIpc) is 3.14. The van der Waals surface area contributed by atoms with Gasteiger partial charge in [-0.15, -0.1) is 5.10 Å². The summed E-state index contributed by atoms with van der Waals surface area (Å²) in [6, 6.07) is 5.26. The number of H-pyrrole nitrogens is 1. The number of aromatic nitrogens is 5. The van der Waals surface area contributed by atoms with Gasteiger partial charge < -0.3 is 9.88 Å². The quantitative estimate of drug-likeness (QED) is 0.624. The predicted octanol–water partition coefficient (Wildman–Crippen LogP) is 3.62. The highest BCUT2D eigenvalue weighted by atomic mass is 35.5. The summed E-state index contributed by atoms with van der Waals surface area (Å²) < 4.78 is 1.53. The second-order valence-electron chi connectivity index (χ2n) is 8.35. The van der Waals surface area contributed by atoms with Crippen molar-refractivity contribution in [3.8, 4) is 0 Å². The summed E-state index contributed by atoms with van der Waals surface area (Å²) in [5.74, 6) is 0.949. The Hall–Kier alpha value is -2.45. The zero-order chi connectivity index (χ0) is 22.1. The Morgan fingerprint density at radius 1 is 1.29 bits per heavy atom. The van der Waals surface area contributed by atoms with Crippen LogP contribution in [0.1, 0.15) is 50.4 Å². The van der Waals surface area contributed by atoms with Gasteiger partial charge in [0.15, 0.2) is 11.2 Å². The third kappa shape index (κ3) is 4.60. The number of carbonyl (C=O) groups is 1. The Morgan fingerprint density at radius 2 is 2.03 bits per heavy atom. The van der Waals surface area contributed by atoms with Crippen LogP contribution >= 0.6 is 23.2 Å². The van der Waals surface area contributed by atoms with Crippen molar-refractivity contribution >= 4 is 40.3 Å². The van der Waals surface area contributed by atoms with Crippen molar-refractivity contribution in [1.29, 1.82) is 0 Å². The summed E-state index contributed by atoms with van der Waals surface area (Å²) in [6.07, 6.45) is 2.23. The van der Waals surface area contributed by atoms with Gasteiger partial charge in [-0.25, -0.2) is 9.67 Å². The van der Waals surface area contributed by atoms with Crippen molar-refractivity contribution in [3.05, 3.63) is 50.0 Å². The molecule has 1 aliphatic heterocycles. The molecule has 0 radical (unpaired) electrons. The van der Waals surface area contributed by atoms with Crippen LogP contribution in [-0.4, -0.2) is 48.9 Å². The molecule has 1 aliphatic rings. The topological polar surface area (TPSA) is 96.8 Å². The van der Waals surface area contributed by atoms with Crippen molar-refractivity contribution in [3.63, 3.8) is 0 Å². The average molecular weight is 463 g/mol. The summed E-state index contributed by atoms with van der Waals surface area (Å²) >= 11 is 12.6. The second kappa shape index (κ2) is 8.96. The van der Waals surface area contributed by atoms with Crippen LogP contribution in [0.3, 0.4) is 0 Å². The van der Waals surface area contributed by atoms with E-state index in [0.717, 1.165) is 19.4 Å². The molecule has 1 unspecified atom stereocenters. The maximum Gasteiger partial charge on any atom is 0.281 e. The molecule has 1 atom stereocenters. The summed E-state index contributed by atoms with van der Waals surface area (Å²) in [5, 5.41) is 9.10. The van der Waals surface area contributed by atoms with E-state index in [2.05, 4.69) is 20.3 Å². The smallest absolute Gasteiger partial charge is 0.281 e. The summed E-state index contributed by atoms with van der Waals surface area (Å²) in [4.78, 5) is 34.6. The molecular formula is C21H24Cl2N6O2. The lowest BCUT2D eigenvalue weighted by atomic mass is 9.96. The number of hydrogen-bond acceptors (Lipinski definition) is 5. The van der Waals surface area contributed by atoms with Crippen LogP contribution in [-0.2, 0) is 11.3 Å². The van der Waals surface area contributed by atoms with Crippen LogP contribution in [0.4, 0.5) is 0 Å². The first-order chi connectivity index (χ1) is 14.8. The van der Waals surface area contributed by atoms with Crippen LogP contribution in [0.2, 0.25) is 10.0 Å². The molecule has 3 aromatic rings. The van der Waals surface area contributed by atoms with Crippen molar-refractivity contribution < 1.29 is 4.79 Å². The first-order valence-corrected chi connectivity index (χ1v) is 11.1. The van der Waals surface area contributed by atoms with Gasteiger partial charge in [-0.05, 0) is 30.9 Å². The molecule has 1 aromatic carbocycles. The molecule has 0 aliphatic carbocycles. The lowest BCUT2D eigenvalue weighted by Gasteiger charge is -2.32. The molecule has 0 bridgehead atoms. The highest BCUT2D eigenvalue weighted by molar-refractivity contribution is 6.36. The second-order valence-corrected chi connectivity index (χ2v) is 9.16. The summed E-state index contributed by atoms with van der Waals surface area (Å²) in [5.41, 5.74) is 0.877. The molecule has 10 heteroatoms. The van der Waals surface area contributed by atoms with Gasteiger partial charge in [0.2, 0.25) is 5.91 Å². The molecule has 1 saturated heterocycles. The molecule has 31 heavy (non-hydrogen) atoms. The largest absolute Gasteiger partial charge is 0.342 e. The number of piperidine rings is 1. The molecule has 1 amide bonds. The highest BCUT2D eigenvalue weighted by Crippen LogP contribution is 2.27. The van der Waals surface area contributed by atoms with Gasteiger partial charge in [0.25, 0.3) is 5.56 Å². The van der Waals surface area contributed by atoms with Gasteiger partial charge in [-0.3, -0.25) is 9.59 Å². The van der Waals surface area contributed by atoms with E-state index in [9.17, 15) is 9.59 Å². The van der Waals surface area contributed by atoms with Gasteiger partial charge >= 0.3 is 0 Å². The van der Waals surface area contributed by atoms with Crippen molar-refractivity contribution in [2.75, 3.05) is 13.1 Å². The van der Waals surface area contributed by atoms with Crippen LogP contribution in [0.15, 0.2) is 23.0 Å². The minimum absolute atomic E-state index is 0.0470. The zero-order valence-electron chi connectivity index (χ0n) is 17.4. The maximum absolute atomic E-state index is 12.7. The Bertz CT molecular complexity index is 1150. The lowest BCUT2D eigenvalue weighted by Crippen LogP contribution is -2.40. The van der Waals surface area contributed by atoms with Crippen molar-refractivity contribution in [1.82, 2.24) is 29.9 Å². The van der Waals surface area contributed by atoms with Crippen molar-refractivity contribution in [2.45, 2.75) is 45.6 Å². The molecule has 164 valence electrons. The highest BCUT2D eigenvalue weighted by Gasteiger charge is 2.27. The molecule has 3 heterocycles. The summed E-state index contributed by atoms with van der Waals surface area (Å²) in [7, 11) is 0. The number of rotatable bonds is 5. The van der Waals surface area contributed by atoms with Crippen molar-refractivity contribution in [2.24, 2.45) is 5.92 Å². The zero-order valence-corrected chi connectivity index (χ0v) is 18.9. The molecule has 2 aromatic heterocycles. The number of hydrogen-bond donors (Lipinski definition) is 1. The van der Waals surface area contributed by atoms with E-state index in [0.29, 0.717) is 46.0 Å². The lowest BCUT2D eigenvalue weighted by molar-refractivity contribution is -0.133. The van der Waals surface area contributed by atoms with E-state index in [-0.39, 0.29) is 29.4 Å². The number of carbonyl (C=O) groups excluding carboxylic acids is 1. The number of likely N-dealkylation sites (tertiary alicyclic amines) is 1. The fourth-order valence-corrected chi connectivity index (χ4v) is 4.44. The van der Waals surface area contributed by atoms with Gasteiger partial charge in [-0.1, -0.05) is 48.3 Å². The fourth-order valence-electron chi connectivity index (χ4n) is 3.92. The minimum atomic E-state index is -0.345. The maximum atomic E-state index is 12.7. The van der Waals surface area contributed by atoms with E-state index in [1.165, 1.54) is 4.68 Å². The number of fused-ring (bicyclic) bond motifs is 1. The third-order valence-electron chi connectivity index (χ3n) is 5.51. The molecule has 4 rings (SSSR count). The molecule has 1 N–H and O–H groups in total. The van der Waals surface area contributed by atoms with Crippen LogP contribution in [0.5, 0.6) is 0 Å². The van der Waals surface area contributed by atoms with Crippen LogP contribution in [0, 0.1) is 5.92 Å². The van der Waals surface area contributed by atoms with E-state index < -0.39 is 0 Å². The molecular weight excluding hydrogens is 439 g/mol. The number of nitrogens with zero attached hydrogens (tertiary/aromatic N) is 5. The van der Waals surface area contributed by atoms with Crippen LogP contribution in [0.25, 0.3) is 11.2 Å². The summed E-state index contributed by atoms with van der Waals surface area (Å²) in [6.45, 7) is 5.59. The van der Waals surface area contributed by atoms with E-state index in [4.69, 9.17) is 23.2 Å². The van der Waals surface area contributed by atoms with E-state index >= 15 is 0 Å². The van der Waals surface area contributed by atoms with E-state index in [1.54, 1.807) is 18.2 Å². The Labute approximate surface area is 189 Å². The van der Waals surface area contributed by atoms with Gasteiger partial charge in [0.1, 0.15) is 5.82 Å². The standard InChI is InChI=1S/C21H24Cl2N6O2/c1-12(2)9-17(30)28-8-4-5-13(10-28)19-24-20-18(21(31)25-19)26-27-29(20)11-14-15(22)6-3-7-16(14)23/h3,6-7,12-13H,4-5,8-11H2,1-2H3,(H,24,25,31). The first kappa shape index (κ1) is 21.8. The Kier molecular flexibility index (Phi) is 6.29. The number of halogens is 2. The SMILES string of the molecule is CC(C)CC(=O)N1CCCC(c2nc3c(nnn3Cc3c(Cl)cccc3Cl)c(=O)[nH]2)C1. The normalized spacial score (nSPS) is 16.9. The first-order valence-electron chi connectivity index (χ1n) is 10.4. The number of amides is 1. The predicted molar refractivity (Wildman–Crippen MR) is 120 cm³/mol. The van der Waals surface area contributed by atoms with Crippen LogP contribution < -0.4 is 5.56 Å². The molecule has 1 fully saturated rings. The monoisotopic (exact) mass is 462 g/mol. The molecule has 0 spiro atoms. The third-order valence-corrected chi connectivity index (χ3v) is 6.21. The fraction of sp³-hybridized carbons (Fsp3) is 0.476.